The lowest BCUT2D eigenvalue weighted by atomic mass is 10.1. The summed E-state index contributed by atoms with van der Waals surface area (Å²) in [7, 11) is 0. The number of anilines is 1. The molecule has 3 aromatic rings. The zero-order valence-corrected chi connectivity index (χ0v) is 11.7. The van der Waals surface area contributed by atoms with E-state index in [0.29, 0.717) is 11.6 Å². The first-order valence-electron chi connectivity index (χ1n) is 6.59. The number of H-pyrrole nitrogens is 1. The van der Waals surface area contributed by atoms with Gasteiger partial charge in [0.15, 0.2) is 5.82 Å². The largest absolute Gasteiger partial charge is 0.457 e. The molecule has 0 unspecified atom stereocenters. The summed E-state index contributed by atoms with van der Waals surface area (Å²) in [6.45, 7) is 3.58. The van der Waals surface area contributed by atoms with Gasteiger partial charge in [0.2, 0.25) is 5.76 Å². The molecule has 0 radical (unpaired) electrons. The molecule has 2 aromatic heterocycles. The number of nitrogen functional groups attached to an aromatic ring is 1. The highest BCUT2D eigenvalue weighted by Gasteiger charge is 2.15. The molecule has 6 heteroatoms. The topological polar surface area (TPSA) is 94.1 Å². The van der Waals surface area contributed by atoms with Crippen molar-refractivity contribution in [2.24, 2.45) is 0 Å². The van der Waals surface area contributed by atoms with Gasteiger partial charge in [-0.15, -0.1) is 0 Å². The zero-order chi connectivity index (χ0) is 15.0. The summed E-state index contributed by atoms with van der Waals surface area (Å²) in [6, 6.07) is 8.93. The van der Waals surface area contributed by atoms with Gasteiger partial charge >= 0.3 is 5.97 Å². The number of fused-ring (bicyclic) bond motifs is 1. The Labute approximate surface area is 120 Å². The number of nitrogens with two attached hydrogens (primary N) is 1. The SMILES string of the molecule is CC(C)OC(=O)c1ccc(-c2ccc3[nH]nc(N)c3c2)o1. The predicted molar refractivity (Wildman–Crippen MR) is 78.8 cm³/mol. The molecule has 0 aliphatic carbocycles. The highest BCUT2D eigenvalue weighted by atomic mass is 16.6. The van der Waals surface area contributed by atoms with Gasteiger partial charge in [-0.05, 0) is 44.2 Å². The first-order valence-corrected chi connectivity index (χ1v) is 6.59. The van der Waals surface area contributed by atoms with Crippen molar-refractivity contribution in [1.29, 1.82) is 0 Å². The van der Waals surface area contributed by atoms with Crippen LogP contribution in [0.5, 0.6) is 0 Å². The minimum atomic E-state index is -0.472. The van der Waals surface area contributed by atoms with Gasteiger partial charge in [-0.3, -0.25) is 5.10 Å². The Morgan fingerprint density at radius 3 is 2.90 bits per heavy atom. The highest BCUT2D eigenvalue weighted by molar-refractivity contribution is 5.92. The monoisotopic (exact) mass is 285 g/mol. The normalized spacial score (nSPS) is 11.2. The fourth-order valence-corrected chi connectivity index (χ4v) is 2.06. The third-order valence-electron chi connectivity index (χ3n) is 3.03. The van der Waals surface area contributed by atoms with Crippen LogP contribution in [-0.4, -0.2) is 22.3 Å². The molecular weight excluding hydrogens is 270 g/mol. The smallest absolute Gasteiger partial charge is 0.374 e. The molecule has 21 heavy (non-hydrogen) atoms. The number of hydrogen-bond donors (Lipinski definition) is 2. The summed E-state index contributed by atoms with van der Waals surface area (Å²) in [6.07, 6.45) is -0.187. The van der Waals surface area contributed by atoms with E-state index in [2.05, 4.69) is 10.2 Å². The molecule has 0 atom stereocenters. The van der Waals surface area contributed by atoms with Gasteiger partial charge in [0.25, 0.3) is 0 Å². The molecule has 6 nitrogen and oxygen atoms in total. The second-order valence-electron chi connectivity index (χ2n) is 4.99. The van der Waals surface area contributed by atoms with Crippen molar-refractivity contribution < 1.29 is 13.9 Å². The molecule has 3 N–H and O–H groups in total. The lowest BCUT2D eigenvalue weighted by molar-refractivity contribution is 0.0342. The fourth-order valence-electron chi connectivity index (χ4n) is 2.06. The second-order valence-corrected chi connectivity index (χ2v) is 4.99. The van der Waals surface area contributed by atoms with Gasteiger partial charge in [0.1, 0.15) is 5.76 Å². The molecule has 0 fully saturated rings. The molecule has 0 bridgehead atoms. The van der Waals surface area contributed by atoms with Gasteiger partial charge in [-0.1, -0.05) is 0 Å². The second kappa shape index (κ2) is 4.97. The summed E-state index contributed by atoms with van der Waals surface area (Å²) in [4.78, 5) is 11.8. The average molecular weight is 285 g/mol. The first-order chi connectivity index (χ1) is 10.0. The van der Waals surface area contributed by atoms with E-state index >= 15 is 0 Å². The van der Waals surface area contributed by atoms with E-state index in [1.54, 1.807) is 26.0 Å². The van der Waals surface area contributed by atoms with Crippen LogP contribution in [-0.2, 0) is 4.74 Å². The number of esters is 1. The molecule has 0 saturated heterocycles. The molecule has 0 spiro atoms. The van der Waals surface area contributed by atoms with Gasteiger partial charge in [0, 0.05) is 10.9 Å². The number of nitrogens with one attached hydrogen (secondary N) is 1. The number of aromatic amines is 1. The van der Waals surface area contributed by atoms with Crippen molar-refractivity contribution in [2.75, 3.05) is 5.73 Å². The summed E-state index contributed by atoms with van der Waals surface area (Å²) >= 11 is 0. The molecular formula is C15H15N3O3. The van der Waals surface area contributed by atoms with Crippen LogP contribution in [0.3, 0.4) is 0 Å². The van der Waals surface area contributed by atoms with E-state index < -0.39 is 5.97 Å². The summed E-state index contributed by atoms with van der Waals surface area (Å²) < 4.78 is 10.6. The van der Waals surface area contributed by atoms with Crippen molar-refractivity contribution in [1.82, 2.24) is 10.2 Å². The molecule has 108 valence electrons. The Morgan fingerprint density at radius 1 is 1.33 bits per heavy atom. The maximum Gasteiger partial charge on any atom is 0.374 e. The third-order valence-corrected chi connectivity index (χ3v) is 3.03. The van der Waals surface area contributed by atoms with Crippen LogP contribution in [0.25, 0.3) is 22.2 Å². The minimum absolute atomic E-state index is 0.180. The standard InChI is InChI=1S/C15H15N3O3/c1-8(2)20-15(19)13-6-5-12(21-13)9-3-4-11-10(7-9)14(16)18-17-11/h3-8H,1-2H3,(H3,16,17,18). The van der Waals surface area contributed by atoms with E-state index in [1.807, 2.05) is 18.2 Å². The van der Waals surface area contributed by atoms with Gasteiger partial charge in [-0.2, -0.15) is 5.10 Å². The first kappa shape index (κ1) is 13.2. The Balaban J connectivity index is 1.94. The third kappa shape index (κ3) is 2.47. The van der Waals surface area contributed by atoms with Crippen LogP contribution < -0.4 is 5.73 Å². The lowest BCUT2D eigenvalue weighted by Gasteiger charge is -2.05. The number of benzene rings is 1. The number of rotatable bonds is 3. The van der Waals surface area contributed by atoms with Crippen LogP contribution in [0.15, 0.2) is 34.7 Å². The van der Waals surface area contributed by atoms with Crippen LogP contribution in [0.2, 0.25) is 0 Å². The lowest BCUT2D eigenvalue weighted by Crippen LogP contribution is -2.10. The number of carbonyl (C=O) groups excluding carboxylic acids is 1. The highest BCUT2D eigenvalue weighted by Crippen LogP contribution is 2.27. The van der Waals surface area contributed by atoms with E-state index in [4.69, 9.17) is 14.9 Å². The van der Waals surface area contributed by atoms with Crippen molar-refractivity contribution in [3.05, 3.63) is 36.1 Å². The van der Waals surface area contributed by atoms with Gasteiger partial charge in [0.05, 0.1) is 11.6 Å². The Bertz CT molecular complexity index is 801. The predicted octanol–water partition coefficient (Wildman–Crippen LogP) is 2.97. The number of ether oxygens (including phenoxy) is 1. The van der Waals surface area contributed by atoms with Crippen molar-refractivity contribution >= 4 is 22.7 Å². The Hall–Kier alpha value is -2.76. The number of hydrogen-bond acceptors (Lipinski definition) is 5. The summed E-state index contributed by atoms with van der Waals surface area (Å²) in [5.74, 6) is 0.713. The van der Waals surface area contributed by atoms with E-state index in [1.165, 1.54) is 0 Å². The molecule has 0 saturated carbocycles. The summed E-state index contributed by atoms with van der Waals surface area (Å²) in [5, 5.41) is 7.59. The van der Waals surface area contributed by atoms with Gasteiger partial charge < -0.3 is 14.9 Å². The van der Waals surface area contributed by atoms with E-state index in [-0.39, 0.29) is 11.9 Å². The molecule has 3 rings (SSSR count). The minimum Gasteiger partial charge on any atom is -0.457 e. The molecule has 0 aliphatic rings. The maximum atomic E-state index is 11.8. The molecule has 1 aromatic carbocycles. The van der Waals surface area contributed by atoms with Crippen LogP contribution >= 0.6 is 0 Å². The number of aromatic nitrogens is 2. The van der Waals surface area contributed by atoms with Crippen molar-refractivity contribution in [2.45, 2.75) is 20.0 Å². The molecule has 0 aliphatic heterocycles. The Kier molecular flexibility index (Phi) is 3.13. The number of carbonyl (C=O) groups is 1. The van der Waals surface area contributed by atoms with Gasteiger partial charge in [-0.25, -0.2) is 4.79 Å². The average Bonchev–Trinajstić information content (AvgIpc) is 3.05. The summed E-state index contributed by atoms with van der Waals surface area (Å²) in [5.41, 5.74) is 7.45. The van der Waals surface area contributed by atoms with Crippen LogP contribution in [0.4, 0.5) is 5.82 Å². The number of furan rings is 1. The van der Waals surface area contributed by atoms with E-state index in [0.717, 1.165) is 16.5 Å². The molecule has 2 heterocycles. The number of nitrogens with zero attached hydrogens (tertiary/aromatic N) is 1. The van der Waals surface area contributed by atoms with Crippen LogP contribution in [0, 0.1) is 0 Å². The van der Waals surface area contributed by atoms with Crippen molar-refractivity contribution in [3.8, 4) is 11.3 Å². The van der Waals surface area contributed by atoms with E-state index in [9.17, 15) is 4.79 Å². The maximum absolute atomic E-state index is 11.8. The molecule has 0 amide bonds. The van der Waals surface area contributed by atoms with Crippen LogP contribution in [0.1, 0.15) is 24.4 Å². The quantitative estimate of drug-likeness (QED) is 0.721. The zero-order valence-electron chi connectivity index (χ0n) is 11.7. The fraction of sp³-hybridized carbons (Fsp3) is 0.200. The van der Waals surface area contributed by atoms with Crippen molar-refractivity contribution in [3.63, 3.8) is 0 Å². The Morgan fingerprint density at radius 2 is 2.14 bits per heavy atom.